The minimum Gasteiger partial charge on any atom is -0.353 e. The number of aromatic nitrogens is 1. The van der Waals surface area contributed by atoms with Crippen LogP contribution >= 0.6 is 0 Å². The molecule has 20 heavy (non-hydrogen) atoms. The number of anilines is 2. The minimum atomic E-state index is -4.46. The second-order valence-corrected chi connectivity index (χ2v) is 4.18. The fourth-order valence-electron chi connectivity index (χ4n) is 1.62. The maximum absolute atomic E-state index is 12.6. The van der Waals surface area contributed by atoms with Gasteiger partial charge >= 0.3 is 6.18 Å². The van der Waals surface area contributed by atoms with Crippen LogP contribution < -0.4 is 5.32 Å². The van der Waals surface area contributed by atoms with E-state index in [1.807, 2.05) is 6.92 Å². The van der Waals surface area contributed by atoms with Crippen molar-refractivity contribution in [3.63, 3.8) is 0 Å². The zero-order chi connectivity index (χ0) is 14.8. The van der Waals surface area contributed by atoms with Crippen LogP contribution in [0.4, 0.5) is 24.5 Å². The molecular weight excluding hydrogens is 267 g/mol. The molecule has 0 amide bonds. The monoisotopic (exact) mass is 277 g/mol. The molecule has 1 heterocycles. The van der Waals surface area contributed by atoms with Gasteiger partial charge in [0.2, 0.25) is 0 Å². The summed E-state index contributed by atoms with van der Waals surface area (Å²) in [6.07, 6.45) is -2.91. The van der Waals surface area contributed by atoms with E-state index in [-0.39, 0.29) is 5.56 Å². The van der Waals surface area contributed by atoms with E-state index in [4.69, 9.17) is 5.26 Å². The van der Waals surface area contributed by atoms with Crippen molar-refractivity contribution in [2.75, 3.05) is 5.32 Å². The lowest BCUT2D eigenvalue weighted by Crippen LogP contribution is -2.06. The molecule has 1 aromatic carbocycles. The number of rotatable bonds is 2. The van der Waals surface area contributed by atoms with E-state index in [0.29, 0.717) is 11.4 Å². The number of aryl methyl sites for hydroxylation is 1. The van der Waals surface area contributed by atoms with Crippen LogP contribution in [0.3, 0.4) is 0 Å². The molecule has 0 aliphatic carbocycles. The van der Waals surface area contributed by atoms with Crippen LogP contribution in [0.1, 0.15) is 16.8 Å². The summed E-state index contributed by atoms with van der Waals surface area (Å²) in [7, 11) is 0. The fraction of sp³-hybridized carbons (Fsp3) is 0.143. The number of hydrogen-bond acceptors (Lipinski definition) is 3. The third-order valence-corrected chi connectivity index (χ3v) is 2.66. The van der Waals surface area contributed by atoms with Gasteiger partial charge in [-0.3, -0.25) is 4.98 Å². The van der Waals surface area contributed by atoms with Gasteiger partial charge in [-0.1, -0.05) is 0 Å². The molecule has 1 N–H and O–H groups in total. The van der Waals surface area contributed by atoms with Crippen molar-refractivity contribution in [2.24, 2.45) is 0 Å². The topological polar surface area (TPSA) is 48.7 Å². The third-order valence-electron chi connectivity index (χ3n) is 2.66. The number of nitrogens with one attached hydrogen (secondary N) is 1. The first kappa shape index (κ1) is 13.9. The van der Waals surface area contributed by atoms with E-state index in [9.17, 15) is 13.2 Å². The molecule has 1 aromatic heterocycles. The molecule has 0 spiro atoms. The molecule has 2 rings (SSSR count). The highest BCUT2D eigenvalue weighted by molar-refractivity contribution is 5.66. The van der Waals surface area contributed by atoms with Gasteiger partial charge in [-0.05, 0) is 37.3 Å². The van der Waals surface area contributed by atoms with E-state index >= 15 is 0 Å². The summed E-state index contributed by atoms with van der Waals surface area (Å²) in [5.41, 5.74) is 0.823. The molecule has 2 aromatic rings. The second kappa shape index (κ2) is 5.21. The number of halogens is 3. The van der Waals surface area contributed by atoms with Crippen molar-refractivity contribution >= 4 is 11.4 Å². The van der Waals surface area contributed by atoms with Gasteiger partial charge < -0.3 is 5.32 Å². The first-order chi connectivity index (χ1) is 9.40. The van der Waals surface area contributed by atoms with E-state index in [1.165, 1.54) is 6.07 Å². The second-order valence-electron chi connectivity index (χ2n) is 4.18. The Kier molecular flexibility index (Phi) is 3.61. The Balaban J connectivity index is 2.33. The molecule has 0 bridgehead atoms. The predicted molar refractivity (Wildman–Crippen MR) is 68.4 cm³/mol. The van der Waals surface area contributed by atoms with Crippen LogP contribution in [0.5, 0.6) is 0 Å². The Labute approximate surface area is 113 Å². The number of alkyl halides is 3. The maximum Gasteiger partial charge on any atom is 0.416 e. The average Bonchev–Trinajstić information content (AvgIpc) is 2.40. The number of hydrogen-bond donors (Lipinski definition) is 1. The van der Waals surface area contributed by atoms with Crippen molar-refractivity contribution < 1.29 is 13.2 Å². The summed E-state index contributed by atoms with van der Waals surface area (Å²) >= 11 is 0. The summed E-state index contributed by atoms with van der Waals surface area (Å²) in [5.74, 6) is 0. The van der Waals surface area contributed by atoms with Gasteiger partial charge in [0, 0.05) is 5.69 Å². The molecule has 6 heteroatoms. The quantitative estimate of drug-likeness (QED) is 0.901. The molecule has 0 fully saturated rings. The smallest absolute Gasteiger partial charge is 0.353 e. The summed E-state index contributed by atoms with van der Waals surface area (Å²) in [6, 6.07) is 8.25. The molecular formula is C14H10F3N3. The summed E-state index contributed by atoms with van der Waals surface area (Å²) in [6.45, 7) is 1.82. The van der Waals surface area contributed by atoms with E-state index < -0.39 is 11.7 Å². The van der Waals surface area contributed by atoms with Crippen LogP contribution in [0.15, 0.2) is 36.5 Å². The van der Waals surface area contributed by atoms with Gasteiger partial charge in [0.05, 0.1) is 28.7 Å². The highest BCUT2D eigenvalue weighted by Gasteiger charge is 2.31. The van der Waals surface area contributed by atoms with Crippen molar-refractivity contribution in [1.82, 2.24) is 4.98 Å². The Hall–Kier alpha value is -2.55. The number of nitriles is 1. The molecule has 0 saturated carbocycles. The first-order valence-corrected chi connectivity index (χ1v) is 5.71. The van der Waals surface area contributed by atoms with Crippen molar-refractivity contribution in [1.29, 1.82) is 5.26 Å². The molecule has 0 aliphatic heterocycles. The van der Waals surface area contributed by atoms with Gasteiger partial charge in [-0.25, -0.2) is 0 Å². The van der Waals surface area contributed by atoms with Gasteiger partial charge in [0.1, 0.15) is 6.07 Å². The Morgan fingerprint density at radius 2 is 1.95 bits per heavy atom. The SMILES string of the molecule is Cc1ccc(Nc2ccc(C(F)(F)F)cc2C#N)cn1. The fourth-order valence-corrected chi connectivity index (χ4v) is 1.62. The van der Waals surface area contributed by atoms with Crippen LogP contribution in [-0.4, -0.2) is 4.98 Å². The number of pyridine rings is 1. The van der Waals surface area contributed by atoms with Crippen molar-refractivity contribution in [3.05, 3.63) is 53.3 Å². The summed E-state index contributed by atoms with van der Waals surface area (Å²) < 4.78 is 37.7. The first-order valence-electron chi connectivity index (χ1n) is 5.71. The molecule has 0 atom stereocenters. The van der Waals surface area contributed by atoms with Crippen LogP contribution in [0.25, 0.3) is 0 Å². The molecule has 0 radical (unpaired) electrons. The minimum absolute atomic E-state index is 0.0691. The summed E-state index contributed by atoms with van der Waals surface area (Å²) in [5, 5.41) is 11.8. The Morgan fingerprint density at radius 3 is 2.50 bits per heavy atom. The lowest BCUT2D eigenvalue weighted by atomic mass is 10.1. The highest BCUT2D eigenvalue weighted by Crippen LogP contribution is 2.32. The van der Waals surface area contributed by atoms with Crippen LogP contribution in [0.2, 0.25) is 0 Å². The normalized spacial score (nSPS) is 10.9. The van der Waals surface area contributed by atoms with Gasteiger partial charge in [0.15, 0.2) is 0 Å². The Morgan fingerprint density at radius 1 is 1.20 bits per heavy atom. The summed E-state index contributed by atoms with van der Waals surface area (Å²) in [4.78, 5) is 4.06. The number of nitrogens with zero attached hydrogens (tertiary/aromatic N) is 2. The standard InChI is InChI=1S/C14H10F3N3/c1-9-2-4-12(8-19-9)20-13-5-3-11(14(15,16)17)6-10(13)7-18/h2-6,8,20H,1H3. The maximum atomic E-state index is 12.6. The molecule has 0 unspecified atom stereocenters. The highest BCUT2D eigenvalue weighted by atomic mass is 19.4. The molecule has 0 aliphatic rings. The zero-order valence-electron chi connectivity index (χ0n) is 10.5. The zero-order valence-corrected chi connectivity index (χ0v) is 10.5. The van der Waals surface area contributed by atoms with Crippen molar-refractivity contribution in [2.45, 2.75) is 13.1 Å². The van der Waals surface area contributed by atoms with Crippen molar-refractivity contribution in [3.8, 4) is 6.07 Å². The molecule has 102 valence electrons. The van der Waals surface area contributed by atoms with Crippen LogP contribution in [0, 0.1) is 18.3 Å². The van der Waals surface area contributed by atoms with Gasteiger partial charge in [0.25, 0.3) is 0 Å². The third kappa shape index (κ3) is 3.06. The van der Waals surface area contributed by atoms with E-state index in [2.05, 4.69) is 10.3 Å². The molecule has 3 nitrogen and oxygen atoms in total. The van der Waals surface area contributed by atoms with Crippen LogP contribution in [-0.2, 0) is 6.18 Å². The van der Waals surface area contributed by atoms with E-state index in [1.54, 1.807) is 24.4 Å². The van der Waals surface area contributed by atoms with E-state index in [0.717, 1.165) is 17.8 Å². The average molecular weight is 277 g/mol. The predicted octanol–water partition coefficient (Wildman–Crippen LogP) is 4.02. The molecule has 0 saturated heterocycles. The number of benzene rings is 1. The lowest BCUT2D eigenvalue weighted by Gasteiger charge is -2.11. The largest absolute Gasteiger partial charge is 0.416 e. The Bertz CT molecular complexity index is 655. The van der Waals surface area contributed by atoms with Gasteiger partial charge in [-0.15, -0.1) is 0 Å². The van der Waals surface area contributed by atoms with Gasteiger partial charge in [-0.2, -0.15) is 18.4 Å². The lowest BCUT2D eigenvalue weighted by molar-refractivity contribution is -0.137.